The smallest absolute Gasteiger partial charge is 0.318 e. The van der Waals surface area contributed by atoms with Gasteiger partial charge in [0.05, 0.1) is 12.2 Å². The van der Waals surface area contributed by atoms with E-state index in [1.165, 1.54) is 4.90 Å². The number of carbonyl (C=O) groups is 2. The predicted molar refractivity (Wildman–Crippen MR) is 99.8 cm³/mol. The first kappa shape index (κ1) is 17.9. The number of aromatic nitrogens is 2. The summed E-state index contributed by atoms with van der Waals surface area (Å²) in [6.45, 7) is 1.77. The van der Waals surface area contributed by atoms with Crippen molar-refractivity contribution in [1.82, 2.24) is 25.5 Å². The summed E-state index contributed by atoms with van der Waals surface area (Å²) in [5, 5.41) is 6.67. The number of hydrogen-bond acceptors (Lipinski definition) is 5. The van der Waals surface area contributed by atoms with Crippen LogP contribution >= 0.6 is 11.6 Å². The van der Waals surface area contributed by atoms with E-state index in [2.05, 4.69) is 20.6 Å². The maximum atomic E-state index is 13.5. The molecule has 0 aromatic carbocycles. The molecule has 3 amide bonds. The Hall–Kier alpha value is -2.51. The number of amides is 3. The molecule has 2 aliphatic heterocycles. The number of nitrogens with zero attached hydrogens (tertiary/aromatic N) is 3. The van der Waals surface area contributed by atoms with Gasteiger partial charge in [-0.05, 0) is 55.6 Å². The molecule has 0 saturated carbocycles. The highest BCUT2D eigenvalue weighted by atomic mass is 35.5. The minimum atomic E-state index is -1.12. The van der Waals surface area contributed by atoms with Gasteiger partial charge in [-0.15, -0.1) is 0 Å². The fourth-order valence-corrected chi connectivity index (χ4v) is 4.04. The highest BCUT2D eigenvalue weighted by Crippen LogP contribution is 2.40. The van der Waals surface area contributed by atoms with Gasteiger partial charge < -0.3 is 10.6 Å². The lowest BCUT2D eigenvalue weighted by Crippen LogP contribution is -2.53. The average Bonchev–Trinajstić information content (AvgIpc) is 2.96. The van der Waals surface area contributed by atoms with Gasteiger partial charge in [-0.3, -0.25) is 14.7 Å². The van der Waals surface area contributed by atoms with Crippen LogP contribution in [0.5, 0.6) is 0 Å². The number of nitrogens with one attached hydrogen (secondary N) is 2. The van der Waals surface area contributed by atoms with Gasteiger partial charge in [-0.1, -0.05) is 23.7 Å². The maximum Gasteiger partial charge on any atom is 0.325 e. The van der Waals surface area contributed by atoms with E-state index in [0.717, 1.165) is 31.5 Å². The summed E-state index contributed by atoms with van der Waals surface area (Å²) < 4.78 is 0. The van der Waals surface area contributed by atoms with Crippen molar-refractivity contribution in [2.24, 2.45) is 5.92 Å². The fraction of sp³-hybridized carbons (Fsp3) is 0.368. The number of imide groups is 1. The second-order valence-corrected chi connectivity index (χ2v) is 7.25. The molecule has 1 atom stereocenters. The first-order chi connectivity index (χ1) is 13.1. The first-order valence-corrected chi connectivity index (χ1v) is 9.36. The Balaban J connectivity index is 1.70. The van der Waals surface area contributed by atoms with E-state index in [-0.39, 0.29) is 18.4 Å². The van der Waals surface area contributed by atoms with Crippen molar-refractivity contribution in [2.45, 2.75) is 24.9 Å². The van der Waals surface area contributed by atoms with Crippen molar-refractivity contribution in [3.63, 3.8) is 0 Å². The van der Waals surface area contributed by atoms with Gasteiger partial charge in [0.25, 0.3) is 5.91 Å². The highest BCUT2D eigenvalue weighted by molar-refractivity contribution is 6.29. The first-order valence-electron chi connectivity index (χ1n) is 8.98. The lowest BCUT2D eigenvalue weighted by Gasteiger charge is -2.37. The van der Waals surface area contributed by atoms with Crippen LogP contribution < -0.4 is 10.6 Å². The summed E-state index contributed by atoms with van der Waals surface area (Å²) in [7, 11) is 0. The Kier molecular flexibility index (Phi) is 4.80. The molecular weight excluding hydrogens is 366 g/mol. The van der Waals surface area contributed by atoms with Gasteiger partial charge in [0.2, 0.25) is 0 Å². The number of halogens is 1. The maximum absolute atomic E-state index is 13.5. The molecule has 0 spiro atoms. The van der Waals surface area contributed by atoms with E-state index in [0.29, 0.717) is 10.8 Å². The number of urea groups is 1. The number of pyridine rings is 2. The summed E-state index contributed by atoms with van der Waals surface area (Å²) in [6.07, 6.45) is 4.81. The Morgan fingerprint density at radius 1 is 1.15 bits per heavy atom. The predicted octanol–water partition coefficient (Wildman–Crippen LogP) is 2.08. The Morgan fingerprint density at radius 2 is 1.96 bits per heavy atom. The number of piperidine rings is 1. The zero-order valence-corrected chi connectivity index (χ0v) is 15.4. The van der Waals surface area contributed by atoms with Crippen LogP contribution in [0.15, 0.2) is 42.7 Å². The lowest BCUT2D eigenvalue weighted by atomic mass is 9.75. The number of hydrogen-bond donors (Lipinski definition) is 2. The molecule has 2 aliphatic rings. The molecule has 4 rings (SSSR count). The van der Waals surface area contributed by atoms with Gasteiger partial charge in [0.1, 0.15) is 5.15 Å². The van der Waals surface area contributed by atoms with Gasteiger partial charge >= 0.3 is 6.03 Å². The quantitative estimate of drug-likeness (QED) is 0.621. The molecule has 27 heavy (non-hydrogen) atoms. The third-order valence-corrected chi connectivity index (χ3v) is 5.51. The molecule has 0 unspecified atom stereocenters. The third kappa shape index (κ3) is 3.17. The van der Waals surface area contributed by atoms with E-state index in [1.807, 2.05) is 12.1 Å². The molecule has 2 aromatic rings. The zero-order chi connectivity index (χ0) is 18.9. The van der Waals surface area contributed by atoms with Crippen molar-refractivity contribution < 1.29 is 9.59 Å². The molecule has 2 fully saturated rings. The molecule has 4 heterocycles. The Labute approximate surface area is 162 Å². The summed E-state index contributed by atoms with van der Waals surface area (Å²) >= 11 is 5.83. The monoisotopic (exact) mass is 385 g/mol. The average molecular weight is 386 g/mol. The van der Waals surface area contributed by atoms with Gasteiger partial charge in [0.15, 0.2) is 5.54 Å². The van der Waals surface area contributed by atoms with E-state index in [9.17, 15) is 9.59 Å². The highest BCUT2D eigenvalue weighted by Gasteiger charge is 2.57. The normalized spacial score (nSPS) is 23.5. The minimum absolute atomic E-state index is 0.0153. The fourth-order valence-electron chi connectivity index (χ4n) is 3.93. The SMILES string of the molecule is O=C1N[C@@](c2ccccn2)(C2CCNCC2)C(=O)N1Cc1ccc(Cl)nc1. The second kappa shape index (κ2) is 7.25. The summed E-state index contributed by atoms with van der Waals surface area (Å²) in [5.74, 6) is -0.272. The summed E-state index contributed by atoms with van der Waals surface area (Å²) in [4.78, 5) is 36.1. The third-order valence-electron chi connectivity index (χ3n) is 5.28. The lowest BCUT2D eigenvalue weighted by molar-refractivity contribution is -0.134. The molecule has 0 radical (unpaired) electrons. The topological polar surface area (TPSA) is 87.2 Å². The molecule has 0 aliphatic carbocycles. The van der Waals surface area contributed by atoms with Gasteiger partial charge in [-0.25, -0.2) is 9.78 Å². The summed E-state index contributed by atoms with van der Waals surface area (Å²) in [6, 6.07) is 8.47. The van der Waals surface area contributed by atoms with E-state index >= 15 is 0 Å². The van der Waals surface area contributed by atoms with Crippen LogP contribution in [-0.4, -0.2) is 39.9 Å². The molecule has 2 saturated heterocycles. The molecule has 8 heteroatoms. The van der Waals surface area contributed by atoms with E-state index in [1.54, 1.807) is 30.6 Å². The summed E-state index contributed by atoms with van der Waals surface area (Å²) in [5.41, 5.74) is 0.206. The minimum Gasteiger partial charge on any atom is -0.318 e. The van der Waals surface area contributed by atoms with Crippen LogP contribution in [0.25, 0.3) is 0 Å². The van der Waals surface area contributed by atoms with Gasteiger partial charge in [0, 0.05) is 12.4 Å². The molecule has 0 bridgehead atoms. The largest absolute Gasteiger partial charge is 0.325 e. The van der Waals surface area contributed by atoms with Crippen molar-refractivity contribution >= 4 is 23.5 Å². The van der Waals surface area contributed by atoms with Crippen LogP contribution in [0, 0.1) is 5.92 Å². The van der Waals surface area contributed by atoms with Crippen molar-refractivity contribution in [1.29, 1.82) is 0 Å². The molecular formula is C19H20ClN5O2. The van der Waals surface area contributed by atoms with Crippen molar-refractivity contribution in [3.8, 4) is 0 Å². The Morgan fingerprint density at radius 3 is 2.63 bits per heavy atom. The van der Waals surface area contributed by atoms with Gasteiger partial charge in [-0.2, -0.15) is 0 Å². The Bertz CT molecular complexity index is 839. The van der Waals surface area contributed by atoms with Crippen LogP contribution in [0.3, 0.4) is 0 Å². The van der Waals surface area contributed by atoms with Crippen LogP contribution in [0.4, 0.5) is 4.79 Å². The number of carbonyl (C=O) groups excluding carboxylic acids is 2. The van der Waals surface area contributed by atoms with Crippen molar-refractivity contribution in [2.75, 3.05) is 13.1 Å². The standard InChI is InChI=1S/C19H20ClN5O2/c20-16-5-4-13(11-23-16)12-25-17(26)19(24-18(25)27,14-6-9-21-10-7-14)15-3-1-2-8-22-15/h1-5,8,11,14,21H,6-7,9-10,12H2,(H,24,27)/t19-/m1/s1. The molecule has 7 nitrogen and oxygen atoms in total. The molecule has 140 valence electrons. The van der Waals surface area contributed by atoms with Crippen LogP contribution in [-0.2, 0) is 16.9 Å². The molecule has 2 aromatic heterocycles. The van der Waals surface area contributed by atoms with E-state index < -0.39 is 11.6 Å². The zero-order valence-electron chi connectivity index (χ0n) is 14.7. The van der Waals surface area contributed by atoms with E-state index in [4.69, 9.17) is 11.6 Å². The van der Waals surface area contributed by atoms with Crippen molar-refractivity contribution in [3.05, 3.63) is 59.1 Å². The van der Waals surface area contributed by atoms with Crippen LogP contribution in [0.2, 0.25) is 5.15 Å². The second-order valence-electron chi connectivity index (χ2n) is 6.86. The van der Waals surface area contributed by atoms with Crippen LogP contribution in [0.1, 0.15) is 24.1 Å². The number of rotatable bonds is 4. The molecule has 2 N–H and O–H groups in total.